The van der Waals surface area contributed by atoms with E-state index in [9.17, 15) is 9.59 Å². The molecule has 0 saturated carbocycles. The maximum atomic E-state index is 14.2. The number of alkyl halides is 1. The van der Waals surface area contributed by atoms with Crippen molar-refractivity contribution in [2.24, 2.45) is 11.8 Å². The topological polar surface area (TPSA) is 107 Å². The molecular weight excluding hydrogens is 684 g/mol. The number of halogens is 1. The molecule has 12 heteroatoms. The van der Waals surface area contributed by atoms with Gasteiger partial charge in [0.05, 0.1) is 35.3 Å². The molecule has 2 amide bonds. The number of carbonyl (C=O) groups excluding carboxylic acids is 2. The summed E-state index contributed by atoms with van der Waals surface area (Å²) in [6.07, 6.45) is 0.581. The molecule has 46 heavy (non-hydrogen) atoms. The summed E-state index contributed by atoms with van der Waals surface area (Å²) in [5.41, 5.74) is 4.90. The second kappa shape index (κ2) is 15.1. The van der Waals surface area contributed by atoms with Gasteiger partial charge in [-0.3, -0.25) is 9.59 Å². The summed E-state index contributed by atoms with van der Waals surface area (Å²) < 4.78 is 17.8. The summed E-state index contributed by atoms with van der Waals surface area (Å²) in [6.45, 7) is 20.4. The number of rotatable bonds is 13. The second-order valence-corrected chi connectivity index (χ2v) is 20.7. The summed E-state index contributed by atoms with van der Waals surface area (Å²) in [5.74, 6) is -0.0148. The summed E-state index contributed by atoms with van der Waals surface area (Å²) in [6, 6.07) is 8.97. The Kier molecular flexibility index (Phi) is 11.9. The number of hydrogen-bond donors (Lipinski definition) is 1. The highest BCUT2D eigenvalue weighted by Gasteiger charge is 2.43. The van der Waals surface area contributed by atoms with Gasteiger partial charge in [-0.25, -0.2) is 4.98 Å². The molecule has 0 spiro atoms. The minimum atomic E-state index is -2.11. The monoisotopic (exact) mass is 732 g/mol. The third kappa shape index (κ3) is 8.48. The Bertz CT molecular complexity index is 1470. The molecule has 1 fully saturated rings. The van der Waals surface area contributed by atoms with Crippen LogP contribution in [0.3, 0.4) is 0 Å². The molecule has 2 aromatic heterocycles. The van der Waals surface area contributed by atoms with E-state index >= 15 is 0 Å². The number of carbonyl (C=O) groups is 2. The van der Waals surface area contributed by atoms with Gasteiger partial charge in [-0.05, 0) is 59.6 Å². The second-order valence-electron chi connectivity index (χ2n) is 14.2. The zero-order valence-corrected chi connectivity index (χ0v) is 32.0. The minimum absolute atomic E-state index is 0.0187. The minimum Gasteiger partial charge on any atom is -0.475 e. The Morgan fingerprint density at radius 1 is 1.22 bits per heavy atom. The molecule has 1 saturated heterocycles. The molecule has 1 unspecified atom stereocenters. The van der Waals surface area contributed by atoms with E-state index in [1.165, 1.54) is 0 Å². The first-order chi connectivity index (χ1) is 21.6. The van der Waals surface area contributed by atoms with E-state index in [2.05, 4.69) is 96.4 Å². The fourth-order valence-corrected chi connectivity index (χ4v) is 7.51. The molecule has 0 aliphatic carbocycles. The first-order valence-electron chi connectivity index (χ1n) is 16.0. The van der Waals surface area contributed by atoms with Crippen LogP contribution in [0.2, 0.25) is 18.1 Å². The highest BCUT2D eigenvalue weighted by molar-refractivity contribution is 9.09. The lowest BCUT2D eigenvalue weighted by molar-refractivity contribution is -0.141. The normalized spacial score (nSPS) is 18.5. The summed E-state index contributed by atoms with van der Waals surface area (Å²) in [7, 11) is -2.11. The molecule has 1 aromatic carbocycles. The van der Waals surface area contributed by atoms with Gasteiger partial charge < -0.3 is 23.9 Å². The third-order valence-electron chi connectivity index (χ3n) is 9.22. The molecule has 1 N–H and O–H groups in total. The van der Waals surface area contributed by atoms with Crippen molar-refractivity contribution < 1.29 is 23.3 Å². The summed E-state index contributed by atoms with van der Waals surface area (Å²) >= 11 is 4.96. The maximum Gasteiger partial charge on any atom is 0.254 e. The van der Waals surface area contributed by atoms with Gasteiger partial charge in [-0.1, -0.05) is 81.7 Å². The fraction of sp³-hybridized carbons (Fsp3) is 0.588. The average Bonchev–Trinajstić information content (AvgIpc) is 3.73. The number of nitrogens with one attached hydrogen (secondary N) is 1. The van der Waals surface area contributed by atoms with Crippen LogP contribution in [0, 0.1) is 18.8 Å². The number of amides is 2. The van der Waals surface area contributed by atoms with Gasteiger partial charge in [0, 0.05) is 17.9 Å². The molecule has 4 atom stereocenters. The van der Waals surface area contributed by atoms with Crippen LogP contribution in [0.15, 0.2) is 40.4 Å². The van der Waals surface area contributed by atoms with Crippen LogP contribution in [0.4, 0.5) is 0 Å². The first-order valence-corrected chi connectivity index (χ1v) is 20.9. The number of hydrogen-bond acceptors (Lipinski definition) is 8. The first kappa shape index (κ1) is 36.3. The molecule has 0 bridgehead atoms. The standard InChI is InChI=1S/C34H49BrN4O5SSi/c1-21(2)30(28-17-29(38-44-28)42-15-14-35)33(41)39-18-22(3)16-27(39)32(40)37-26(19-43-46(8,9)34(5,6)7)24-10-12-25(13-11-24)31-23(4)36-20-45-31/h10-13,17,20-22,26-27,30H,14-16,18-19H2,1-9H3,(H,37,40)/t22-,26+,27+,30?/m1/s1. The van der Waals surface area contributed by atoms with Crippen LogP contribution in [-0.2, 0) is 14.0 Å². The lowest BCUT2D eigenvalue weighted by Gasteiger charge is -2.37. The van der Waals surface area contributed by atoms with E-state index in [4.69, 9.17) is 13.7 Å². The van der Waals surface area contributed by atoms with Gasteiger partial charge in [0.15, 0.2) is 14.1 Å². The number of aromatic nitrogens is 2. The molecule has 0 radical (unpaired) electrons. The fourth-order valence-electron chi connectivity index (χ4n) is 5.52. The Balaban J connectivity index is 1.58. The van der Waals surface area contributed by atoms with Crippen molar-refractivity contribution in [3.8, 4) is 16.3 Å². The molecule has 252 valence electrons. The number of likely N-dealkylation sites (tertiary alicyclic amines) is 1. The van der Waals surface area contributed by atoms with E-state index in [0.717, 1.165) is 21.7 Å². The quantitative estimate of drug-likeness (QED) is 0.142. The van der Waals surface area contributed by atoms with Crippen molar-refractivity contribution in [1.29, 1.82) is 0 Å². The third-order valence-corrected chi connectivity index (χ3v) is 15.0. The highest BCUT2D eigenvalue weighted by Crippen LogP contribution is 2.38. The summed E-state index contributed by atoms with van der Waals surface area (Å²) in [4.78, 5) is 35.6. The lowest BCUT2D eigenvalue weighted by Crippen LogP contribution is -2.50. The Morgan fingerprint density at radius 2 is 1.91 bits per heavy atom. The van der Waals surface area contributed by atoms with Crippen LogP contribution in [0.5, 0.6) is 5.88 Å². The van der Waals surface area contributed by atoms with E-state index in [0.29, 0.717) is 43.1 Å². The van der Waals surface area contributed by atoms with E-state index in [1.807, 2.05) is 26.3 Å². The number of nitrogens with zero attached hydrogens (tertiary/aromatic N) is 3. The van der Waals surface area contributed by atoms with Gasteiger partial charge in [-0.15, -0.1) is 11.3 Å². The molecular formula is C34H49BrN4O5SSi. The molecule has 9 nitrogen and oxygen atoms in total. The molecule has 1 aliphatic heterocycles. The van der Waals surface area contributed by atoms with Crippen LogP contribution in [0.25, 0.3) is 10.4 Å². The van der Waals surface area contributed by atoms with Crippen LogP contribution < -0.4 is 10.1 Å². The highest BCUT2D eigenvalue weighted by atomic mass is 79.9. The van der Waals surface area contributed by atoms with Crippen LogP contribution in [0.1, 0.15) is 76.9 Å². The lowest BCUT2D eigenvalue weighted by atomic mass is 9.91. The van der Waals surface area contributed by atoms with Crippen molar-refractivity contribution in [3.05, 3.63) is 52.9 Å². The molecule has 3 aromatic rings. The smallest absolute Gasteiger partial charge is 0.254 e. The number of thiazole rings is 1. The molecule has 4 rings (SSSR count). The zero-order chi connectivity index (χ0) is 33.8. The Morgan fingerprint density at radius 3 is 2.50 bits per heavy atom. The Hall–Kier alpha value is -2.54. The SMILES string of the molecule is Cc1ncsc1-c1ccc([C@H](CO[Si](C)(C)C(C)(C)C)NC(=O)[C@@H]2C[C@@H](C)CN2C(=O)C(c2cc(OCCBr)no2)C(C)C)cc1. The number of aryl methyl sites for hydroxylation is 1. The van der Waals surface area contributed by atoms with Gasteiger partial charge in [0.2, 0.25) is 11.8 Å². The van der Waals surface area contributed by atoms with Gasteiger partial charge in [0.1, 0.15) is 12.0 Å². The largest absolute Gasteiger partial charge is 0.475 e. The van der Waals surface area contributed by atoms with Gasteiger partial charge >= 0.3 is 0 Å². The van der Waals surface area contributed by atoms with E-state index in [1.54, 1.807) is 22.3 Å². The number of benzene rings is 1. The predicted molar refractivity (Wildman–Crippen MR) is 189 cm³/mol. The molecule has 1 aliphatic rings. The number of ether oxygens (including phenoxy) is 1. The van der Waals surface area contributed by atoms with E-state index in [-0.39, 0.29) is 34.7 Å². The van der Waals surface area contributed by atoms with Crippen LogP contribution in [-0.4, -0.2) is 66.3 Å². The predicted octanol–water partition coefficient (Wildman–Crippen LogP) is 7.74. The van der Waals surface area contributed by atoms with Gasteiger partial charge in [-0.2, -0.15) is 0 Å². The van der Waals surface area contributed by atoms with Gasteiger partial charge in [0.25, 0.3) is 5.88 Å². The maximum absolute atomic E-state index is 14.2. The average molecular weight is 734 g/mol. The van der Waals surface area contributed by atoms with Crippen molar-refractivity contribution in [3.63, 3.8) is 0 Å². The summed E-state index contributed by atoms with van der Waals surface area (Å²) in [5, 5.41) is 7.98. The van der Waals surface area contributed by atoms with Crippen molar-refractivity contribution in [2.75, 3.05) is 25.1 Å². The van der Waals surface area contributed by atoms with Crippen molar-refractivity contribution in [2.45, 2.75) is 91.0 Å². The Labute approximate surface area is 287 Å². The van der Waals surface area contributed by atoms with Crippen molar-refractivity contribution >= 4 is 47.4 Å². The van der Waals surface area contributed by atoms with E-state index < -0.39 is 20.3 Å². The van der Waals surface area contributed by atoms with Crippen LogP contribution >= 0.6 is 27.3 Å². The zero-order valence-electron chi connectivity index (χ0n) is 28.6. The van der Waals surface area contributed by atoms with Crippen molar-refractivity contribution in [1.82, 2.24) is 20.4 Å². The molecule has 3 heterocycles.